The van der Waals surface area contributed by atoms with Crippen molar-refractivity contribution in [2.24, 2.45) is 5.92 Å². The number of aromatic nitrogens is 1. The number of nitrogens with zero attached hydrogens (tertiary/aromatic N) is 2. The van der Waals surface area contributed by atoms with Crippen molar-refractivity contribution in [3.63, 3.8) is 0 Å². The number of rotatable bonds is 1. The molecule has 2 heterocycles. The molecule has 1 aromatic rings. The first-order chi connectivity index (χ1) is 6.75. The van der Waals surface area contributed by atoms with Gasteiger partial charge in [-0.15, -0.1) is 0 Å². The molecule has 14 heavy (non-hydrogen) atoms. The highest BCUT2D eigenvalue weighted by molar-refractivity contribution is 6.29. The lowest BCUT2D eigenvalue weighted by molar-refractivity contribution is 0.447. The van der Waals surface area contributed by atoms with Crippen molar-refractivity contribution in [3.8, 4) is 0 Å². The van der Waals surface area contributed by atoms with Gasteiger partial charge >= 0.3 is 0 Å². The zero-order chi connectivity index (χ0) is 9.97. The van der Waals surface area contributed by atoms with Gasteiger partial charge in [-0.3, -0.25) is 0 Å². The Morgan fingerprint density at radius 2 is 2.43 bits per heavy atom. The van der Waals surface area contributed by atoms with E-state index in [1.807, 2.05) is 12.1 Å². The van der Waals surface area contributed by atoms with Gasteiger partial charge in [0.05, 0.1) is 0 Å². The first-order valence-electron chi connectivity index (χ1n) is 5.12. The minimum absolute atomic E-state index is 0.584. The van der Waals surface area contributed by atoms with Crippen molar-refractivity contribution in [3.05, 3.63) is 23.5 Å². The third-order valence-electron chi connectivity index (χ3n) is 2.73. The fourth-order valence-electron chi connectivity index (χ4n) is 2.01. The van der Waals surface area contributed by atoms with E-state index >= 15 is 0 Å². The van der Waals surface area contributed by atoms with Crippen LogP contribution < -0.4 is 4.90 Å². The molecule has 1 aliphatic heterocycles. The van der Waals surface area contributed by atoms with Crippen LogP contribution in [-0.2, 0) is 0 Å². The molecule has 0 saturated carbocycles. The summed E-state index contributed by atoms with van der Waals surface area (Å²) in [5, 5.41) is 0.584. The minimum atomic E-state index is 0.584. The summed E-state index contributed by atoms with van der Waals surface area (Å²) in [5.74, 6) is 0.788. The molecule has 1 atom stereocenters. The van der Waals surface area contributed by atoms with Crippen LogP contribution in [0.1, 0.15) is 19.8 Å². The summed E-state index contributed by atoms with van der Waals surface area (Å²) in [6.45, 7) is 4.58. The van der Waals surface area contributed by atoms with Crippen molar-refractivity contribution in [2.45, 2.75) is 19.8 Å². The molecular formula is C11H15ClN2. The van der Waals surface area contributed by atoms with E-state index in [1.165, 1.54) is 18.5 Å². The highest BCUT2D eigenvalue weighted by Gasteiger charge is 2.16. The molecule has 0 aliphatic carbocycles. The van der Waals surface area contributed by atoms with E-state index in [4.69, 9.17) is 11.6 Å². The maximum Gasteiger partial charge on any atom is 0.131 e. The van der Waals surface area contributed by atoms with Crippen LogP contribution in [0.25, 0.3) is 0 Å². The summed E-state index contributed by atoms with van der Waals surface area (Å²) in [7, 11) is 0. The topological polar surface area (TPSA) is 16.1 Å². The van der Waals surface area contributed by atoms with Gasteiger partial charge in [0.1, 0.15) is 5.15 Å². The lowest BCUT2D eigenvalue weighted by Crippen LogP contribution is -2.34. The Morgan fingerprint density at radius 3 is 3.14 bits per heavy atom. The SMILES string of the molecule is CC1CCCN(c2ccnc(Cl)c2)C1. The van der Waals surface area contributed by atoms with Gasteiger partial charge in [0, 0.05) is 25.0 Å². The van der Waals surface area contributed by atoms with E-state index in [1.54, 1.807) is 6.20 Å². The fourth-order valence-corrected chi connectivity index (χ4v) is 2.18. The van der Waals surface area contributed by atoms with Gasteiger partial charge < -0.3 is 4.90 Å². The van der Waals surface area contributed by atoms with E-state index in [0.717, 1.165) is 19.0 Å². The quantitative estimate of drug-likeness (QED) is 0.663. The van der Waals surface area contributed by atoms with Crippen molar-refractivity contribution < 1.29 is 0 Å². The van der Waals surface area contributed by atoms with Gasteiger partial charge in [-0.2, -0.15) is 0 Å². The molecule has 1 aromatic heterocycles. The Balaban J connectivity index is 2.14. The summed E-state index contributed by atoms with van der Waals surface area (Å²) in [6, 6.07) is 3.98. The van der Waals surface area contributed by atoms with E-state index in [-0.39, 0.29) is 0 Å². The van der Waals surface area contributed by atoms with E-state index in [2.05, 4.69) is 16.8 Å². The van der Waals surface area contributed by atoms with Gasteiger partial charge in [0.25, 0.3) is 0 Å². The average molecular weight is 211 g/mol. The second-order valence-electron chi connectivity index (χ2n) is 4.03. The predicted molar refractivity (Wildman–Crippen MR) is 59.9 cm³/mol. The number of halogens is 1. The molecule has 1 fully saturated rings. The van der Waals surface area contributed by atoms with Crippen molar-refractivity contribution in [1.82, 2.24) is 4.98 Å². The van der Waals surface area contributed by atoms with E-state index in [9.17, 15) is 0 Å². The maximum absolute atomic E-state index is 5.86. The summed E-state index contributed by atoms with van der Waals surface area (Å²) in [5.41, 5.74) is 1.21. The van der Waals surface area contributed by atoms with Crippen LogP contribution in [0.15, 0.2) is 18.3 Å². The van der Waals surface area contributed by atoms with Crippen molar-refractivity contribution in [2.75, 3.05) is 18.0 Å². The highest BCUT2D eigenvalue weighted by Crippen LogP contribution is 2.23. The normalized spacial score (nSPS) is 22.4. The summed E-state index contributed by atoms with van der Waals surface area (Å²) in [6.07, 6.45) is 4.40. The first kappa shape index (κ1) is 9.78. The third kappa shape index (κ3) is 2.18. The third-order valence-corrected chi connectivity index (χ3v) is 2.94. The smallest absolute Gasteiger partial charge is 0.131 e. The number of pyridine rings is 1. The van der Waals surface area contributed by atoms with Crippen LogP contribution >= 0.6 is 11.6 Å². The van der Waals surface area contributed by atoms with Crippen LogP contribution in [0.5, 0.6) is 0 Å². The van der Waals surface area contributed by atoms with E-state index < -0.39 is 0 Å². The van der Waals surface area contributed by atoms with Gasteiger partial charge in [-0.1, -0.05) is 18.5 Å². The molecule has 0 spiro atoms. The van der Waals surface area contributed by atoms with Crippen molar-refractivity contribution >= 4 is 17.3 Å². The monoisotopic (exact) mass is 210 g/mol. The Kier molecular flexibility index (Phi) is 2.92. The van der Waals surface area contributed by atoms with Gasteiger partial charge in [0.15, 0.2) is 0 Å². The van der Waals surface area contributed by atoms with Crippen LogP contribution in [0.3, 0.4) is 0 Å². The van der Waals surface area contributed by atoms with Crippen LogP contribution in [-0.4, -0.2) is 18.1 Å². The lowest BCUT2D eigenvalue weighted by Gasteiger charge is -2.32. The van der Waals surface area contributed by atoms with Gasteiger partial charge in [-0.25, -0.2) is 4.98 Å². The maximum atomic E-state index is 5.86. The molecule has 0 aromatic carbocycles. The zero-order valence-corrected chi connectivity index (χ0v) is 9.17. The van der Waals surface area contributed by atoms with Gasteiger partial charge in [0.2, 0.25) is 0 Å². The Bertz CT molecular complexity index is 314. The summed E-state index contributed by atoms with van der Waals surface area (Å²) < 4.78 is 0. The molecule has 2 rings (SSSR count). The minimum Gasteiger partial charge on any atom is -0.371 e. The molecule has 76 valence electrons. The van der Waals surface area contributed by atoms with Gasteiger partial charge in [-0.05, 0) is 30.9 Å². The number of piperidine rings is 1. The predicted octanol–water partition coefficient (Wildman–Crippen LogP) is 2.97. The molecule has 0 radical (unpaired) electrons. The molecule has 2 nitrogen and oxygen atoms in total. The molecule has 0 bridgehead atoms. The summed E-state index contributed by atoms with van der Waals surface area (Å²) in [4.78, 5) is 6.38. The lowest BCUT2D eigenvalue weighted by atomic mass is 10.00. The largest absolute Gasteiger partial charge is 0.371 e. The number of hydrogen-bond acceptors (Lipinski definition) is 2. The Morgan fingerprint density at radius 1 is 1.57 bits per heavy atom. The first-order valence-corrected chi connectivity index (χ1v) is 5.50. The van der Waals surface area contributed by atoms with Crippen molar-refractivity contribution in [1.29, 1.82) is 0 Å². The fraction of sp³-hybridized carbons (Fsp3) is 0.545. The molecule has 0 amide bonds. The van der Waals surface area contributed by atoms with Crippen LogP contribution in [0.4, 0.5) is 5.69 Å². The van der Waals surface area contributed by atoms with Crippen LogP contribution in [0.2, 0.25) is 5.15 Å². The Hall–Kier alpha value is -0.760. The second kappa shape index (κ2) is 4.18. The standard InChI is InChI=1S/C11H15ClN2/c1-9-3-2-6-14(8-9)10-4-5-13-11(12)7-10/h4-5,7,9H,2-3,6,8H2,1H3. The molecule has 3 heteroatoms. The van der Waals surface area contributed by atoms with Crippen LogP contribution in [0, 0.1) is 5.92 Å². The molecular weight excluding hydrogens is 196 g/mol. The zero-order valence-electron chi connectivity index (χ0n) is 8.41. The van der Waals surface area contributed by atoms with E-state index in [0.29, 0.717) is 5.15 Å². The molecule has 1 aliphatic rings. The summed E-state index contributed by atoms with van der Waals surface area (Å²) >= 11 is 5.86. The number of anilines is 1. The molecule has 1 unspecified atom stereocenters. The highest BCUT2D eigenvalue weighted by atomic mass is 35.5. The number of hydrogen-bond donors (Lipinski definition) is 0. The molecule has 0 N–H and O–H groups in total. The molecule has 1 saturated heterocycles. The second-order valence-corrected chi connectivity index (χ2v) is 4.42. The Labute approximate surface area is 89.9 Å². The average Bonchev–Trinajstić information content (AvgIpc) is 2.18.